The fourth-order valence-corrected chi connectivity index (χ4v) is 4.96. The molecule has 2 aromatic heterocycles. The standard InChI is InChI=1S/C20H16Cl2N4OS2/c1-13-19(29-20-23-12-24-26(13)20)18(11-28-17-7-5-15(21)6-8-17)25-27-10-14-3-2-4-16(22)9-14/h2-9,12H,10-11H2,1H3/b25-18-. The molecule has 0 saturated heterocycles. The molecule has 29 heavy (non-hydrogen) atoms. The lowest BCUT2D eigenvalue weighted by atomic mass is 10.2. The van der Waals surface area contributed by atoms with Crippen LogP contribution in [0, 0.1) is 6.92 Å². The molecular weight excluding hydrogens is 447 g/mol. The molecule has 0 aliphatic rings. The van der Waals surface area contributed by atoms with E-state index in [2.05, 4.69) is 15.2 Å². The van der Waals surface area contributed by atoms with Crippen molar-refractivity contribution in [2.45, 2.75) is 18.4 Å². The number of nitrogens with zero attached hydrogens (tertiary/aromatic N) is 4. The van der Waals surface area contributed by atoms with Gasteiger partial charge in [0, 0.05) is 20.7 Å². The highest BCUT2D eigenvalue weighted by molar-refractivity contribution is 8.00. The summed E-state index contributed by atoms with van der Waals surface area (Å²) in [6, 6.07) is 15.3. The van der Waals surface area contributed by atoms with E-state index in [0.717, 1.165) is 36.7 Å². The van der Waals surface area contributed by atoms with Gasteiger partial charge in [0.05, 0.1) is 10.6 Å². The fourth-order valence-electron chi connectivity index (χ4n) is 2.69. The van der Waals surface area contributed by atoms with Crippen molar-refractivity contribution >= 4 is 57.0 Å². The number of thioether (sulfide) groups is 1. The Morgan fingerprint density at radius 1 is 1.17 bits per heavy atom. The highest BCUT2D eigenvalue weighted by Gasteiger charge is 2.17. The van der Waals surface area contributed by atoms with Gasteiger partial charge in [-0.15, -0.1) is 11.8 Å². The first kappa shape index (κ1) is 20.2. The van der Waals surface area contributed by atoms with E-state index in [1.54, 1.807) is 29.4 Å². The lowest BCUT2D eigenvalue weighted by Gasteiger charge is -2.07. The molecule has 0 saturated carbocycles. The summed E-state index contributed by atoms with van der Waals surface area (Å²) in [5, 5.41) is 10.1. The van der Waals surface area contributed by atoms with E-state index in [9.17, 15) is 0 Å². The zero-order chi connectivity index (χ0) is 20.2. The van der Waals surface area contributed by atoms with E-state index in [4.69, 9.17) is 28.0 Å². The van der Waals surface area contributed by atoms with Gasteiger partial charge in [0.1, 0.15) is 18.6 Å². The molecule has 5 nitrogen and oxygen atoms in total. The van der Waals surface area contributed by atoms with Crippen LogP contribution in [0.3, 0.4) is 0 Å². The van der Waals surface area contributed by atoms with Gasteiger partial charge in [-0.3, -0.25) is 0 Å². The highest BCUT2D eigenvalue weighted by Crippen LogP contribution is 2.26. The average Bonchev–Trinajstić information content (AvgIpc) is 3.29. The zero-order valence-corrected chi connectivity index (χ0v) is 18.5. The average molecular weight is 463 g/mol. The molecule has 2 heterocycles. The maximum absolute atomic E-state index is 6.05. The quantitative estimate of drug-likeness (QED) is 0.188. The van der Waals surface area contributed by atoms with Crippen LogP contribution in [0.15, 0.2) is 64.9 Å². The molecule has 9 heteroatoms. The molecule has 2 aromatic carbocycles. The van der Waals surface area contributed by atoms with Crippen molar-refractivity contribution in [3.63, 3.8) is 0 Å². The van der Waals surface area contributed by atoms with E-state index in [-0.39, 0.29) is 0 Å². The van der Waals surface area contributed by atoms with Crippen LogP contribution in [0.4, 0.5) is 0 Å². The van der Waals surface area contributed by atoms with Crippen molar-refractivity contribution in [1.82, 2.24) is 14.6 Å². The molecule has 0 bridgehead atoms. The van der Waals surface area contributed by atoms with Crippen LogP contribution < -0.4 is 0 Å². The maximum Gasteiger partial charge on any atom is 0.212 e. The van der Waals surface area contributed by atoms with E-state index in [1.807, 2.05) is 60.0 Å². The number of fused-ring (bicyclic) bond motifs is 1. The van der Waals surface area contributed by atoms with Crippen LogP contribution in [0.5, 0.6) is 0 Å². The smallest absolute Gasteiger partial charge is 0.212 e. The van der Waals surface area contributed by atoms with Gasteiger partial charge in [-0.1, -0.05) is 51.8 Å². The van der Waals surface area contributed by atoms with Crippen molar-refractivity contribution in [1.29, 1.82) is 0 Å². The van der Waals surface area contributed by atoms with Crippen molar-refractivity contribution in [3.8, 4) is 0 Å². The number of hydrogen-bond donors (Lipinski definition) is 0. The van der Waals surface area contributed by atoms with Crippen molar-refractivity contribution in [3.05, 3.63) is 81.0 Å². The minimum Gasteiger partial charge on any atom is -0.391 e. The first-order chi connectivity index (χ1) is 14.1. The number of aryl methyl sites for hydroxylation is 1. The molecule has 0 aliphatic heterocycles. The third-order valence-electron chi connectivity index (χ3n) is 4.10. The second kappa shape index (κ2) is 9.17. The molecule has 0 atom stereocenters. The predicted octanol–water partition coefficient (Wildman–Crippen LogP) is 6.12. The summed E-state index contributed by atoms with van der Waals surface area (Å²) < 4.78 is 1.82. The third-order valence-corrected chi connectivity index (χ3v) is 6.81. The molecule has 148 valence electrons. The number of aromatic nitrogens is 3. The number of rotatable bonds is 7. The molecule has 0 unspecified atom stereocenters. The second-order valence-electron chi connectivity index (χ2n) is 6.15. The summed E-state index contributed by atoms with van der Waals surface area (Å²) in [6.07, 6.45) is 1.55. The Morgan fingerprint density at radius 3 is 2.76 bits per heavy atom. The number of oxime groups is 1. The highest BCUT2D eigenvalue weighted by atomic mass is 35.5. The minimum atomic E-state index is 0.343. The molecule has 0 amide bonds. The fraction of sp³-hybridized carbons (Fsp3) is 0.150. The number of benzene rings is 2. The van der Waals surface area contributed by atoms with Crippen LogP contribution in [-0.4, -0.2) is 26.1 Å². The van der Waals surface area contributed by atoms with Gasteiger partial charge in [0.15, 0.2) is 0 Å². The molecule has 0 radical (unpaired) electrons. The lowest BCUT2D eigenvalue weighted by molar-refractivity contribution is 0.130. The van der Waals surface area contributed by atoms with Gasteiger partial charge in [0.2, 0.25) is 4.96 Å². The normalized spacial score (nSPS) is 11.9. The van der Waals surface area contributed by atoms with Gasteiger partial charge in [-0.05, 0) is 48.9 Å². The Labute approximate surface area is 186 Å². The minimum absolute atomic E-state index is 0.343. The first-order valence-electron chi connectivity index (χ1n) is 8.71. The summed E-state index contributed by atoms with van der Waals surface area (Å²) in [7, 11) is 0. The number of thiazole rings is 1. The molecule has 0 fully saturated rings. The Bertz CT molecular complexity index is 1150. The number of halogens is 2. The first-order valence-corrected chi connectivity index (χ1v) is 11.3. The Kier molecular flexibility index (Phi) is 6.40. The second-order valence-corrected chi connectivity index (χ2v) is 9.05. The van der Waals surface area contributed by atoms with Crippen LogP contribution in [0.25, 0.3) is 4.96 Å². The summed E-state index contributed by atoms with van der Waals surface area (Å²) in [4.78, 5) is 12.9. The Morgan fingerprint density at radius 2 is 2.00 bits per heavy atom. The lowest BCUT2D eigenvalue weighted by Crippen LogP contribution is -2.07. The Balaban J connectivity index is 1.56. The molecule has 4 rings (SSSR count). The van der Waals surface area contributed by atoms with E-state index < -0.39 is 0 Å². The summed E-state index contributed by atoms with van der Waals surface area (Å²) in [6.45, 7) is 2.35. The van der Waals surface area contributed by atoms with Gasteiger partial charge >= 0.3 is 0 Å². The molecular formula is C20H16Cl2N4OS2. The molecule has 0 spiro atoms. The summed E-state index contributed by atoms with van der Waals surface area (Å²) in [5.74, 6) is 0.641. The predicted molar refractivity (Wildman–Crippen MR) is 121 cm³/mol. The SMILES string of the molecule is Cc1c(/C(CSc2ccc(Cl)cc2)=N\OCc2cccc(Cl)c2)sc2ncnn12. The van der Waals surface area contributed by atoms with E-state index in [0.29, 0.717) is 17.4 Å². The van der Waals surface area contributed by atoms with Gasteiger partial charge in [-0.2, -0.15) is 5.10 Å². The summed E-state index contributed by atoms with van der Waals surface area (Å²) >= 11 is 15.2. The summed E-state index contributed by atoms with van der Waals surface area (Å²) in [5.41, 5.74) is 2.79. The van der Waals surface area contributed by atoms with Crippen molar-refractivity contribution in [2.24, 2.45) is 5.16 Å². The van der Waals surface area contributed by atoms with Crippen LogP contribution in [0.1, 0.15) is 16.1 Å². The number of hydrogen-bond acceptors (Lipinski definition) is 6. The van der Waals surface area contributed by atoms with E-state index >= 15 is 0 Å². The van der Waals surface area contributed by atoms with Gasteiger partial charge in [-0.25, -0.2) is 9.50 Å². The van der Waals surface area contributed by atoms with E-state index in [1.165, 1.54) is 0 Å². The third kappa shape index (κ3) is 4.93. The zero-order valence-electron chi connectivity index (χ0n) is 15.4. The Hall–Kier alpha value is -2.06. The van der Waals surface area contributed by atoms with Crippen LogP contribution in [0.2, 0.25) is 10.0 Å². The molecule has 4 aromatic rings. The van der Waals surface area contributed by atoms with Crippen LogP contribution in [-0.2, 0) is 11.4 Å². The topological polar surface area (TPSA) is 51.8 Å². The van der Waals surface area contributed by atoms with Crippen molar-refractivity contribution in [2.75, 3.05) is 5.75 Å². The largest absolute Gasteiger partial charge is 0.391 e. The molecule has 0 aliphatic carbocycles. The van der Waals surface area contributed by atoms with Crippen molar-refractivity contribution < 1.29 is 4.84 Å². The monoisotopic (exact) mass is 462 g/mol. The molecule has 0 N–H and O–H groups in total. The van der Waals surface area contributed by atoms with Gasteiger partial charge < -0.3 is 4.84 Å². The van der Waals surface area contributed by atoms with Crippen LogP contribution >= 0.6 is 46.3 Å². The van der Waals surface area contributed by atoms with Gasteiger partial charge in [0.25, 0.3) is 0 Å². The maximum atomic E-state index is 6.05.